The number of carbonyl (C=O) groups is 1. The first-order chi connectivity index (χ1) is 7.75. The van der Waals surface area contributed by atoms with Gasteiger partial charge in [-0.3, -0.25) is 0 Å². The summed E-state index contributed by atoms with van der Waals surface area (Å²) in [6.07, 6.45) is 7.45. The number of ether oxygens (including phenoxy) is 1. The van der Waals surface area contributed by atoms with Crippen LogP contribution in [-0.2, 0) is 0 Å². The molecule has 3 heteroatoms. The van der Waals surface area contributed by atoms with E-state index in [9.17, 15) is 4.79 Å². The number of allylic oxidation sites excluding steroid dienone is 3. The third-order valence-corrected chi connectivity index (χ3v) is 1.89. The summed E-state index contributed by atoms with van der Waals surface area (Å²) in [4.78, 5) is 10.8. The molecule has 0 aromatic heterocycles. The zero-order valence-corrected chi connectivity index (χ0v) is 9.09. The second kappa shape index (κ2) is 6.45. The topological polar surface area (TPSA) is 46.5 Å². The van der Waals surface area contributed by atoms with Crippen LogP contribution in [-0.4, -0.2) is 17.7 Å². The van der Waals surface area contributed by atoms with Crippen LogP contribution in [0.1, 0.15) is 17.3 Å². The zero-order chi connectivity index (χ0) is 11.8. The third kappa shape index (κ3) is 3.61. The minimum Gasteiger partial charge on any atom is -0.489 e. The Bertz CT molecular complexity index is 405. The minimum absolute atomic E-state index is 0.182. The predicted octanol–water partition coefficient (Wildman–Crippen LogP) is 2.90. The van der Waals surface area contributed by atoms with Crippen LogP contribution < -0.4 is 4.74 Å². The van der Waals surface area contributed by atoms with Gasteiger partial charge in [0.05, 0.1) is 0 Å². The quantitative estimate of drug-likeness (QED) is 0.773. The van der Waals surface area contributed by atoms with Crippen LogP contribution in [0.15, 0.2) is 48.6 Å². The number of aromatic carboxylic acids is 1. The molecule has 0 saturated heterocycles. The van der Waals surface area contributed by atoms with E-state index in [1.807, 2.05) is 31.2 Å². The smallest absolute Gasteiger partial charge is 0.339 e. The average molecular weight is 218 g/mol. The van der Waals surface area contributed by atoms with Gasteiger partial charge >= 0.3 is 5.97 Å². The van der Waals surface area contributed by atoms with Gasteiger partial charge in [-0.15, -0.1) is 0 Å². The first kappa shape index (κ1) is 12.0. The lowest BCUT2D eigenvalue weighted by molar-refractivity contribution is 0.0693. The van der Waals surface area contributed by atoms with E-state index in [0.717, 1.165) is 0 Å². The largest absolute Gasteiger partial charge is 0.489 e. The van der Waals surface area contributed by atoms with Crippen molar-refractivity contribution in [3.05, 3.63) is 54.1 Å². The maximum Gasteiger partial charge on any atom is 0.339 e. The highest BCUT2D eigenvalue weighted by atomic mass is 16.5. The lowest BCUT2D eigenvalue weighted by atomic mass is 10.2. The Balaban J connectivity index is 2.63. The van der Waals surface area contributed by atoms with Gasteiger partial charge in [0.1, 0.15) is 17.9 Å². The number of hydrogen-bond donors (Lipinski definition) is 1. The van der Waals surface area contributed by atoms with Gasteiger partial charge in [-0.1, -0.05) is 30.4 Å². The number of para-hydroxylation sites is 1. The lowest BCUT2D eigenvalue weighted by Gasteiger charge is -2.05. The van der Waals surface area contributed by atoms with Gasteiger partial charge in [0.25, 0.3) is 0 Å². The molecular formula is C13H14O3. The van der Waals surface area contributed by atoms with Gasteiger partial charge in [0, 0.05) is 0 Å². The van der Waals surface area contributed by atoms with Gasteiger partial charge in [-0.05, 0) is 25.1 Å². The van der Waals surface area contributed by atoms with E-state index in [0.29, 0.717) is 12.4 Å². The van der Waals surface area contributed by atoms with Crippen molar-refractivity contribution in [2.24, 2.45) is 0 Å². The number of carboxylic acid groups (broad SMARTS) is 1. The summed E-state index contributed by atoms with van der Waals surface area (Å²) in [6.45, 7) is 2.28. The van der Waals surface area contributed by atoms with Crippen molar-refractivity contribution in [2.45, 2.75) is 6.92 Å². The van der Waals surface area contributed by atoms with E-state index in [1.165, 1.54) is 6.07 Å². The fourth-order valence-electron chi connectivity index (χ4n) is 1.15. The van der Waals surface area contributed by atoms with Crippen LogP contribution in [0.25, 0.3) is 0 Å². The molecule has 84 valence electrons. The van der Waals surface area contributed by atoms with Gasteiger partial charge in [0.15, 0.2) is 0 Å². The number of carboxylic acids is 1. The molecule has 1 aromatic rings. The molecule has 0 fully saturated rings. The van der Waals surface area contributed by atoms with Crippen molar-refractivity contribution >= 4 is 5.97 Å². The van der Waals surface area contributed by atoms with Crippen LogP contribution in [0.4, 0.5) is 0 Å². The number of rotatable bonds is 5. The Labute approximate surface area is 94.7 Å². The summed E-state index contributed by atoms with van der Waals surface area (Å²) in [5, 5.41) is 8.90. The molecule has 0 aliphatic heterocycles. The molecule has 0 aliphatic carbocycles. The summed E-state index contributed by atoms with van der Waals surface area (Å²) >= 11 is 0. The van der Waals surface area contributed by atoms with E-state index >= 15 is 0 Å². The predicted molar refractivity (Wildman–Crippen MR) is 62.9 cm³/mol. The van der Waals surface area contributed by atoms with Crippen molar-refractivity contribution in [1.29, 1.82) is 0 Å². The standard InChI is InChI=1S/C13H14O3/c1-2-3-4-7-10-16-12-9-6-5-8-11(12)13(14)15/h2-9H,10H2,1H3,(H,14,15)/b3-2+,7-4+. The normalized spacial score (nSPS) is 11.1. The van der Waals surface area contributed by atoms with Crippen LogP contribution in [0.3, 0.4) is 0 Å². The Kier molecular flexibility index (Phi) is 4.86. The molecule has 3 nitrogen and oxygen atoms in total. The SMILES string of the molecule is C/C=C/C=C/COc1ccccc1C(=O)O. The molecule has 0 amide bonds. The van der Waals surface area contributed by atoms with Crippen LogP contribution in [0, 0.1) is 0 Å². The van der Waals surface area contributed by atoms with Gasteiger partial charge < -0.3 is 9.84 Å². The number of hydrogen-bond acceptors (Lipinski definition) is 2. The summed E-state index contributed by atoms with van der Waals surface area (Å²) < 4.78 is 5.34. The Morgan fingerprint density at radius 1 is 1.38 bits per heavy atom. The Hall–Kier alpha value is -2.03. The van der Waals surface area contributed by atoms with Crippen LogP contribution in [0.2, 0.25) is 0 Å². The second-order valence-corrected chi connectivity index (χ2v) is 3.07. The average Bonchev–Trinajstić information content (AvgIpc) is 2.29. The second-order valence-electron chi connectivity index (χ2n) is 3.07. The van der Waals surface area contributed by atoms with Crippen molar-refractivity contribution in [3.8, 4) is 5.75 Å². The fourth-order valence-corrected chi connectivity index (χ4v) is 1.15. The highest BCUT2D eigenvalue weighted by Gasteiger charge is 2.08. The van der Waals surface area contributed by atoms with Crippen molar-refractivity contribution in [1.82, 2.24) is 0 Å². The van der Waals surface area contributed by atoms with E-state index in [-0.39, 0.29) is 5.56 Å². The molecule has 0 unspecified atom stereocenters. The summed E-state index contributed by atoms with van der Waals surface area (Å²) in [6, 6.07) is 6.59. The molecule has 0 aliphatic rings. The first-order valence-electron chi connectivity index (χ1n) is 4.98. The van der Waals surface area contributed by atoms with E-state index < -0.39 is 5.97 Å². The van der Waals surface area contributed by atoms with E-state index in [4.69, 9.17) is 9.84 Å². The Morgan fingerprint density at radius 3 is 2.81 bits per heavy atom. The maximum absolute atomic E-state index is 10.8. The molecule has 0 saturated carbocycles. The minimum atomic E-state index is -0.979. The Morgan fingerprint density at radius 2 is 2.12 bits per heavy atom. The number of benzene rings is 1. The van der Waals surface area contributed by atoms with Gasteiger partial charge in [-0.25, -0.2) is 4.79 Å². The van der Waals surface area contributed by atoms with Crippen molar-refractivity contribution in [2.75, 3.05) is 6.61 Å². The first-order valence-corrected chi connectivity index (χ1v) is 4.98. The summed E-state index contributed by atoms with van der Waals surface area (Å²) in [5.74, 6) is -0.590. The van der Waals surface area contributed by atoms with Gasteiger partial charge in [-0.2, -0.15) is 0 Å². The molecule has 1 rings (SSSR count). The fraction of sp³-hybridized carbons (Fsp3) is 0.154. The molecule has 0 atom stereocenters. The van der Waals surface area contributed by atoms with Crippen LogP contribution >= 0.6 is 0 Å². The highest BCUT2D eigenvalue weighted by Crippen LogP contribution is 2.17. The highest BCUT2D eigenvalue weighted by molar-refractivity contribution is 5.90. The molecule has 0 spiro atoms. The van der Waals surface area contributed by atoms with E-state index in [1.54, 1.807) is 18.2 Å². The molecule has 1 N–H and O–H groups in total. The third-order valence-electron chi connectivity index (χ3n) is 1.89. The zero-order valence-electron chi connectivity index (χ0n) is 9.09. The molecule has 1 aromatic carbocycles. The molecule has 16 heavy (non-hydrogen) atoms. The summed E-state index contributed by atoms with van der Waals surface area (Å²) in [5.41, 5.74) is 0.182. The molecule has 0 radical (unpaired) electrons. The van der Waals surface area contributed by atoms with Crippen molar-refractivity contribution < 1.29 is 14.6 Å². The summed E-state index contributed by atoms with van der Waals surface area (Å²) in [7, 11) is 0. The monoisotopic (exact) mass is 218 g/mol. The molecule has 0 bridgehead atoms. The van der Waals surface area contributed by atoms with Crippen LogP contribution in [0.5, 0.6) is 5.75 Å². The maximum atomic E-state index is 10.8. The van der Waals surface area contributed by atoms with Gasteiger partial charge in [0.2, 0.25) is 0 Å². The lowest BCUT2D eigenvalue weighted by Crippen LogP contribution is -2.02. The molecule has 0 heterocycles. The molecular weight excluding hydrogens is 204 g/mol. The van der Waals surface area contributed by atoms with Crippen molar-refractivity contribution in [3.63, 3.8) is 0 Å². The van der Waals surface area contributed by atoms with E-state index in [2.05, 4.69) is 0 Å².